The lowest BCUT2D eigenvalue weighted by atomic mass is 10.2. The lowest BCUT2D eigenvalue weighted by Gasteiger charge is -2.09. The predicted molar refractivity (Wildman–Crippen MR) is 71.2 cm³/mol. The van der Waals surface area contributed by atoms with Crippen molar-refractivity contribution in [2.45, 2.75) is 4.90 Å². The fourth-order valence-corrected chi connectivity index (χ4v) is 2.53. The molecular formula is C12H16FNO6S. The summed E-state index contributed by atoms with van der Waals surface area (Å²) in [6, 6.07) is 2.56. The molecule has 0 radical (unpaired) electrons. The van der Waals surface area contributed by atoms with Crippen LogP contribution < -0.4 is 4.72 Å². The van der Waals surface area contributed by atoms with E-state index >= 15 is 0 Å². The summed E-state index contributed by atoms with van der Waals surface area (Å²) in [5.41, 5.74) is -0.312. The van der Waals surface area contributed by atoms with Crippen LogP contribution in [0.25, 0.3) is 0 Å². The van der Waals surface area contributed by atoms with Crippen LogP contribution in [0.5, 0.6) is 0 Å². The Kier molecular flexibility index (Phi) is 6.69. The molecule has 0 saturated heterocycles. The van der Waals surface area contributed by atoms with E-state index < -0.39 is 26.7 Å². The molecule has 0 atom stereocenters. The average Bonchev–Trinajstić information content (AvgIpc) is 2.42. The molecule has 1 aromatic rings. The van der Waals surface area contributed by atoms with E-state index in [1.165, 1.54) is 7.11 Å². The number of nitrogens with one attached hydrogen (secondary N) is 1. The molecule has 0 heterocycles. The molecule has 21 heavy (non-hydrogen) atoms. The Labute approximate surface area is 121 Å². The fourth-order valence-electron chi connectivity index (χ4n) is 1.41. The largest absolute Gasteiger partial charge is 0.478 e. The highest BCUT2D eigenvalue weighted by Crippen LogP contribution is 2.16. The second-order valence-electron chi connectivity index (χ2n) is 3.95. The van der Waals surface area contributed by atoms with Crippen LogP contribution in [0.1, 0.15) is 10.4 Å². The van der Waals surface area contributed by atoms with Crippen LogP contribution in [0.3, 0.4) is 0 Å². The van der Waals surface area contributed by atoms with E-state index in [0.29, 0.717) is 13.2 Å². The van der Waals surface area contributed by atoms with Gasteiger partial charge in [0.05, 0.1) is 25.4 Å². The average molecular weight is 321 g/mol. The monoisotopic (exact) mass is 321 g/mol. The number of aromatic carboxylic acids is 1. The SMILES string of the molecule is COCCOCCNS(=O)(=O)c1cc(C(=O)O)ccc1F. The second-order valence-corrected chi connectivity index (χ2v) is 5.69. The number of hydrogen-bond donors (Lipinski definition) is 2. The van der Waals surface area contributed by atoms with Gasteiger partial charge < -0.3 is 14.6 Å². The Morgan fingerprint density at radius 1 is 1.33 bits per heavy atom. The minimum Gasteiger partial charge on any atom is -0.478 e. The van der Waals surface area contributed by atoms with Gasteiger partial charge in [-0.15, -0.1) is 0 Å². The van der Waals surface area contributed by atoms with Crippen LogP contribution in [0.2, 0.25) is 0 Å². The molecule has 7 nitrogen and oxygen atoms in total. The number of benzene rings is 1. The van der Waals surface area contributed by atoms with Crippen LogP contribution in [-0.2, 0) is 19.5 Å². The summed E-state index contributed by atoms with van der Waals surface area (Å²) in [5.74, 6) is -2.36. The highest BCUT2D eigenvalue weighted by Gasteiger charge is 2.20. The third kappa shape index (κ3) is 5.38. The topological polar surface area (TPSA) is 102 Å². The molecule has 0 bridgehead atoms. The van der Waals surface area contributed by atoms with E-state index in [2.05, 4.69) is 4.72 Å². The van der Waals surface area contributed by atoms with Gasteiger partial charge in [-0.3, -0.25) is 0 Å². The minimum absolute atomic E-state index is 0.0667. The molecule has 0 fully saturated rings. The van der Waals surface area contributed by atoms with E-state index in [0.717, 1.165) is 18.2 Å². The molecule has 1 aromatic carbocycles. The molecule has 0 aliphatic rings. The van der Waals surface area contributed by atoms with Crippen molar-refractivity contribution in [2.75, 3.05) is 33.5 Å². The third-order valence-electron chi connectivity index (χ3n) is 2.44. The van der Waals surface area contributed by atoms with Crippen LogP contribution in [0.15, 0.2) is 23.1 Å². The maximum Gasteiger partial charge on any atom is 0.335 e. The van der Waals surface area contributed by atoms with Crippen molar-refractivity contribution in [1.82, 2.24) is 4.72 Å². The maximum absolute atomic E-state index is 13.5. The molecule has 0 aliphatic heterocycles. The summed E-state index contributed by atoms with van der Waals surface area (Å²) in [7, 11) is -2.64. The van der Waals surface area contributed by atoms with Gasteiger partial charge in [0.25, 0.3) is 0 Å². The third-order valence-corrected chi connectivity index (χ3v) is 3.91. The van der Waals surface area contributed by atoms with Gasteiger partial charge in [0.15, 0.2) is 0 Å². The molecule has 0 spiro atoms. The summed E-state index contributed by atoms with van der Waals surface area (Å²) < 4.78 is 49.3. The van der Waals surface area contributed by atoms with Gasteiger partial charge in [-0.25, -0.2) is 22.3 Å². The Hall–Kier alpha value is -1.55. The highest BCUT2D eigenvalue weighted by atomic mass is 32.2. The van der Waals surface area contributed by atoms with E-state index in [9.17, 15) is 17.6 Å². The summed E-state index contributed by atoms with van der Waals surface area (Å²) in [5, 5.41) is 8.79. The van der Waals surface area contributed by atoms with Crippen LogP contribution in [-0.4, -0.2) is 53.0 Å². The summed E-state index contributed by atoms with van der Waals surface area (Å²) >= 11 is 0. The maximum atomic E-state index is 13.5. The van der Waals surface area contributed by atoms with Gasteiger partial charge in [0.1, 0.15) is 10.7 Å². The minimum atomic E-state index is -4.14. The van der Waals surface area contributed by atoms with Crippen molar-refractivity contribution < 1.29 is 32.2 Å². The number of methoxy groups -OCH3 is 1. The molecular weight excluding hydrogens is 305 g/mol. The summed E-state index contributed by atoms with van der Waals surface area (Å²) in [6.07, 6.45) is 0. The first-order chi connectivity index (χ1) is 9.88. The van der Waals surface area contributed by atoms with Crippen molar-refractivity contribution in [1.29, 1.82) is 0 Å². The fraction of sp³-hybridized carbons (Fsp3) is 0.417. The Morgan fingerprint density at radius 3 is 2.67 bits per heavy atom. The molecule has 0 amide bonds. The van der Waals surface area contributed by atoms with Crippen molar-refractivity contribution in [3.8, 4) is 0 Å². The summed E-state index contributed by atoms with van der Waals surface area (Å²) in [6.45, 7) is 0.703. The van der Waals surface area contributed by atoms with Gasteiger partial charge in [0.2, 0.25) is 10.0 Å². The first-order valence-corrected chi connectivity index (χ1v) is 7.46. The van der Waals surface area contributed by atoms with Gasteiger partial charge in [-0.05, 0) is 18.2 Å². The number of halogens is 1. The molecule has 1 rings (SSSR count). The quantitative estimate of drug-likeness (QED) is 0.641. The molecule has 2 N–H and O–H groups in total. The Balaban J connectivity index is 2.70. The zero-order valence-electron chi connectivity index (χ0n) is 11.3. The number of rotatable bonds is 9. The molecule has 9 heteroatoms. The van der Waals surface area contributed by atoms with Gasteiger partial charge in [-0.1, -0.05) is 0 Å². The van der Waals surface area contributed by atoms with Gasteiger partial charge >= 0.3 is 5.97 Å². The molecule has 0 aromatic heterocycles. The standard InChI is InChI=1S/C12H16FNO6S/c1-19-6-7-20-5-4-14-21(17,18)11-8-9(12(15)16)2-3-10(11)13/h2-3,8,14H,4-7H2,1H3,(H,15,16). The van der Waals surface area contributed by atoms with Crippen molar-refractivity contribution in [2.24, 2.45) is 0 Å². The first kappa shape index (κ1) is 17.5. The second kappa shape index (κ2) is 8.03. The number of carboxylic acid groups (broad SMARTS) is 1. The number of carboxylic acids is 1. The Morgan fingerprint density at radius 2 is 2.05 bits per heavy atom. The first-order valence-electron chi connectivity index (χ1n) is 5.97. The zero-order valence-corrected chi connectivity index (χ0v) is 12.2. The van der Waals surface area contributed by atoms with Crippen molar-refractivity contribution >= 4 is 16.0 Å². The van der Waals surface area contributed by atoms with E-state index in [1.807, 2.05) is 0 Å². The number of carbonyl (C=O) groups is 1. The van der Waals surface area contributed by atoms with E-state index in [1.54, 1.807) is 0 Å². The van der Waals surface area contributed by atoms with Crippen LogP contribution in [0.4, 0.5) is 4.39 Å². The highest BCUT2D eigenvalue weighted by molar-refractivity contribution is 7.89. The van der Waals surface area contributed by atoms with Crippen molar-refractivity contribution in [3.05, 3.63) is 29.6 Å². The van der Waals surface area contributed by atoms with Crippen LogP contribution in [0, 0.1) is 5.82 Å². The molecule has 118 valence electrons. The number of hydrogen-bond acceptors (Lipinski definition) is 5. The smallest absolute Gasteiger partial charge is 0.335 e. The van der Waals surface area contributed by atoms with Crippen molar-refractivity contribution in [3.63, 3.8) is 0 Å². The zero-order chi connectivity index (χ0) is 15.9. The lowest BCUT2D eigenvalue weighted by Crippen LogP contribution is -2.28. The number of sulfonamides is 1. The predicted octanol–water partition coefficient (Wildman–Crippen LogP) is 0.465. The van der Waals surface area contributed by atoms with Gasteiger partial charge in [-0.2, -0.15) is 0 Å². The lowest BCUT2D eigenvalue weighted by molar-refractivity contribution is 0.0696. The van der Waals surface area contributed by atoms with E-state index in [4.69, 9.17) is 14.6 Å². The normalized spacial score (nSPS) is 11.5. The Bertz CT molecular complexity index is 589. The number of ether oxygens (including phenoxy) is 2. The molecule has 0 unspecified atom stereocenters. The summed E-state index contributed by atoms with van der Waals surface area (Å²) in [4.78, 5) is 10.1. The van der Waals surface area contributed by atoms with Gasteiger partial charge in [0, 0.05) is 13.7 Å². The van der Waals surface area contributed by atoms with E-state index in [-0.39, 0.29) is 18.7 Å². The van der Waals surface area contributed by atoms with Crippen LogP contribution >= 0.6 is 0 Å². The molecule has 0 aliphatic carbocycles. The molecule has 0 saturated carbocycles.